The summed E-state index contributed by atoms with van der Waals surface area (Å²) in [5.74, 6) is -0.122. The molecule has 0 aromatic heterocycles. The fourth-order valence-electron chi connectivity index (χ4n) is 2.04. The number of nitrogens with zero attached hydrogens (tertiary/aromatic N) is 2. The normalized spacial score (nSPS) is 9.91. The van der Waals surface area contributed by atoms with E-state index in [1.54, 1.807) is 18.2 Å². The van der Waals surface area contributed by atoms with Gasteiger partial charge in [-0.1, -0.05) is 6.07 Å². The SMILES string of the molecule is COc1ccc(-c2cc(F)c([N+](=O)[O-])cc2C#N)cc1OC. The highest BCUT2D eigenvalue weighted by molar-refractivity contribution is 5.74. The summed E-state index contributed by atoms with van der Waals surface area (Å²) in [6.07, 6.45) is 0. The number of hydrogen-bond donors (Lipinski definition) is 0. The van der Waals surface area contributed by atoms with Crippen LogP contribution in [0.3, 0.4) is 0 Å². The third kappa shape index (κ3) is 2.67. The Bertz CT molecular complexity index is 784. The number of nitro groups is 1. The molecule has 6 nitrogen and oxygen atoms in total. The molecule has 0 saturated heterocycles. The molecule has 2 rings (SSSR count). The van der Waals surface area contributed by atoms with Gasteiger partial charge in [-0.15, -0.1) is 0 Å². The van der Waals surface area contributed by atoms with E-state index < -0.39 is 16.4 Å². The monoisotopic (exact) mass is 302 g/mol. The van der Waals surface area contributed by atoms with Crippen molar-refractivity contribution >= 4 is 5.69 Å². The lowest BCUT2D eigenvalue weighted by Gasteiger charge is -2.10. The summed E-state index contributed by atoms with van der Waals surface area (Å²) in [4.78, 5) is 9.87. The molecule has 2 aromatic rings. The molecule has 0 spiro atoms. The summed E-state index contributed by atoms with van der Waals surface area (Å²) in [5, 5.41) is 19.9. The largest absolute Gasteiger partial charge is 0.493 e. The summed E-state index contributed by atoms with van der Waals surface area (Å²) in [6, 6.07) is 8.52. The van der Waals surface area contributed by atoms with Crippen LogP contribution in [0.5, 0.6) is 11.5 Å². The first kappa shape index (κ1) is 15.3. The van der Waals surface area contributed by atoms with Crippen LogP contribution >= 0.6 is 0 Å². The van der Waals surface area contributed by atoms with Crippen molar-refractivity contribution in [2.75, 3.05) is 14.2 Å². The number of rotatable bonds is 4. The molecule has 0 fully saturated rings. The van der Waals surface area contributed by atoms with Crippen LogP contribution in [-0.2, 0) is 0 Å². The number of nitriles is 1. The highest BCUT2D eigenvalue weighted by atomic mass is 19.1. The van der Waals surface area contributed by atoms with E-state index in [2.05, 4.69) is 0 Å². The van der Waals surface area contributed by atoms with Gasteiger partial charge in [-0.25, -0.2) is 0 Å². The van der Waals surface area contributed by atoms with Gasteiger partial charge in [0, 0.05) is 11.6 Å². The van der Waals surface area contributed by atoms with E-state index in [9.17, 15) is 14.5 Å². The van der Waals surface area contributed by atoms with Gasteiger partial charge in [-0.05, 0) is 23.8 Å². The Kier molecular flexibility index (Phi) is 4.23. The molecule has 0 radical (unpaired) electrons. The average molecular weight is 302 g/mol. The number of methoxy groups -OCH3 is 2. The van der Waals surface area contributed by atoms with Crippen LogP contribution in [-0.4, -0.2) is 19.1 Å². The van der Waals surface area contributed by atoms with Crippen LogP contribution in [0.2, 0.25) is 0 Å². The van der Waals surface area contributed by atoms with Crippen LogP contribution in [0.1, 0.15) is 5.56 Å². The van der Waals surface area contributed by atoms with Gasteiger partial charge in [0.05, 0.1) is 24.7 Å². The third-order valence-corrected chi connectivity index (χ3v) is 3.10. The molecule has 2 aromatic carbocycles. The quantitative estimate of drug-likeness (QED) is 0.639. The molecule has 7 heteroatoms. The summed E-state index contributed by atoms with van der Waals surface area (Å²) in [7, 11) is 2.92. The molecular formula is C15H11FN2O4. The minimum absolute atomic E-state index is 0.000296. The van der Waals surface area contributed by atoms with Crippen molar-refractivity contribution in [2.45, 2.75) is 0 Å². The first-order valence-corrected chi connectivity index (χ1v) is 6.12. The molecular weight excluding hydrogens is 291 g/mol. The molecule has 0 aliphatic carbocycles. The van der Waals surface area contributed by atoms with Gasteiger partial charge in [0.15, 0.2) is 11.5 Å². The van der Waals surface area contributed by atoms with Crippen molar-refractivity contribution in [3.05, 3.63) is 51.8 Å². The molecule has 0 amide bonds. The van der Waals surface area contributed by atoms with Gasteiger partial charge >= 0.3 is 5.69 Å². The maximum atomic E-state index is 13.8. The zero-order valence-corrected chi connectivity index (χ0v) is 11.8. The van der Waals surface area contributed by atoms with Crippen molar-refractivity contribution < 1.29 is 18.8 Å². The lowest BCUT2D eigenvalue weighted by Crippen LogP contribution is -1.96. The molecule has 0 bridgehead atoms. The van der Waals surface area contributed by atoms with Crippen LogP contribution < -0.4 is 9.47 Å². The van der Waals surface area contributed by atoms with E-state index in [4.69, 9.17) is 14.7 Å². The summed E-state index contributed by atoms with van der Waals surface area (Å²) < 4.78 is 24.1. The molecule has 22 heavy (non-hydrogen) atoms. The average Bonchev–Trinajstić information content (AvgIpc) is 2.53. The molecule has 0 N–H and O–H groups in total. The van der Waals surface area contributed by atoms with Crippen molar-refractivity contribution in [2.24, 2.45) is 0 Å². The lowest BCUT2D eigenvalue weighted by molar-refractivity contribution is -0.387. The number of benzene rings is 2. The number of halogens is 1. The molecule has 0 atom stereocenters. The Balaban J connectivity index is 2.65. The van der Waals surface area contributed by atoms with Crippen molar-refractivity contribution in [3.8, 4) is 28.7 Å². The van der Waals surface area contributed by atoms with Crippen LogP contribution in [0.4, 0.5) is 10.1 Å². The third-order valence-electron chi connectivity index (χ3n) is 3.10. The Morgan fingerprint density at radius 3 is 2.41 bits per heavy atom. The predicted octanol–water partition coefficient (Wildman–Crippen LogP) is 3.29. The molecule has 112 valence electrons. The Labute approximate surface area is 125 Å². The zero-order chi connectivity index (χ0) is 16.3. The lowest BCUT2D eigenvalue weighted by atomic mass is 9.99. The van der Waals surface area contributed by atoms with Gasteiger partial charge < -0.3 is 9.47 Å². The summed E-state index contributed by atoms with van der Waals surface area (Å²) in [6.45, 7) is 0. The van der Waals surface area contributed by atoms with Gasteiger partial charge in [0.25, 0.3) is 0 Å². The first-order chi connectivity index (χ1) is 10.5. The maximum absolute atomic E-state index is 13.8. The predicted molar refractivity (Wildman–Crippen MR) is 76.3 cm³/mol. The topological polar surface area (TPSA) is 85.4 Å². The molecule has 0 aliphatic rings. The van der Waals surface area contributed by atoms with Gasteiger partial charge in [0.2, 0.25) is 5.82 Å². The van der Waals surface area contributed by atoms with Crippen molar-refractivity contribution in [1.29, 1.82) is 5.26 Å². The molecule has 0 unspecified atom stereocenters. The van der Waals surface area contributed by atoms with Gasteiger partial charge in [-0.2, -0.15) is 9.65 Å². The first-order valence-electron chi connectivity index (χ1n) is 6.12. The smallest absolute Gasteiger partial charge is 0.306 e. The van der Waals surface area contributed by atoms with Crippen LogP contribution in [0.15, 0.2) is 30.3 Å². The Hall–Kier alpha value is -3.14. The zero-order valence-electron chi connectivity index (χ0n) is 11.8. The van der Waals surface area contributed by atoms with E-state index in [1.807, 2.05) is 6.07 Å². The van der Waals surface area contributed by atoms with E-state index in [0.717, 1.165) is 12.1 Å². The second-order valence-electron chi connectivity index (χ2n) is 4.29. The Morgan fingerprint density at radius 1 is 1.18 bits per heavy atom. The van der Waals surface area contributed by atoms with Crippen molar-refractivity contribution in [3.63, 3.8) is 0 Å². The minimum Gasteiger partial charge on any atom is -0.493 e. The highest BCUT2D eigenvalue weighted by Crippen LogP contribution is 2.35. The maximum Gasteiger partial charge on any atom is 0.306 e. The highest BCUT2D eigenvalue weighted by Gasteiger charge is 2.19. The fourth-order valence-corrected chi connectivity index (χ4v) is 2.04. The molecule has 0 heterocycles. The Morgan fingerprint density at radius 2 is 1.86 bits per heavy atom. The number of hydrogen-bond acceptors (Lipinski definition) is 5. The van der Waals surface area contributed by atoms with Gasteiger partial charge in [0.1, 0.15) is 6.07 Å². The second-order valence-corrected chi connectivity index (χ2v) is 4.29. The summed E-state index contributed by atoms with van der Waals surface area (Å²) >= 11 is 0. The van der Waals surface area contributed by atoms with Crippen LogP contribution in [0.25, 0.3) is 11.1 Å². The second kappa shape index (κ2) is 6.10. The van der Waals surface area contributed by atoms with E-state index in [0.29, 0.717) is 17.1 Å². The molecule has 0 aliphatic heterocycles. The number of ether oxygens (including phenoxy) is 2. The van der Waals surface area contributed by atoms with E-state index >= 15 is 0 Å². The van der Waals surface area contributed by atoms with E-state index in [1.165, 1.54) is 14.2 Å². The van der Waals surface area contributed by atoms with Gasteiger partial charge in [-0.3, -0.25) is 10.1 Å². The van der Waals surface area contributed by atoms with E-state index in [-0.39, 0.29) is 11.1 Å². The fraction of sp³-hybridized carbons (Fsp3) is 0.133. The van der Waals surface area contributed by atoms with Crippen LogP contribution in [0, 0.1) is 27.3 Å². The minimum atomic E-state index is -1.01. The molecule has 0 saturated carbocycles. The standard InChI is InChI=1S/C15H11FN2O4/c1-21-14-4-3-9(6-15(14)22-2)11-7-12(16)13(18(19)20)5-10(11)8-17/h3-7H,1-2H3. The number of nitro benzene ring substituents is 1. The summed E-state index contributed by atoms with van der Waals surface area (Å²) in [5.41, 5.74) is -0.00403. The van der Waals surface area contributed by atoms with Crippen molar-refractivity contribution in [1.82, 2.24) is 0 Å².